The van der Waals surface area contributed by atoms with Crippen molar-refractivity contribution in [3.05, 3.63) is 22.4 Å². The first-order chi connectivity index (χ1) is 8.96. The Morgan fingerprint density at radius 3 is 2.05 bits per heavy atom. The number of Topliss-reactive ketones (excluding diaryl/α,β-unsaturated/α-hetero) is 1. The van der Waals surface area contributed by atoms with Crippen LogP contribution in [0.25, 0.3) is 0 Å². The fourth-order valence-electron chi connectivity index (χ4n) is 1.82. The second-order valence-electron chi connectivity index (χ2n) is 4.06. The van der Waals surface area contributed by atoms with Gasteiger partial charge in [0.2, 0.25) is 0 Å². The standard InChI is InChI=1S/C11H10F6O2S/c1-2-6(8(18)7-4-3-5-20-7)9(19,10(12,13)14)11(15,16)17/h3-6,19H,2H2,1H3/t6-/m0/s1. The molecule has 0 aliphatic rings. The number of carbonyl (C=O) groups is 1. The minimum absolute atomic E-state index is 0.260. The summed E-state index contributed by atoms with van der Waals surface area (Å²) in [5, 5.41) is 10.6. The lowest BCUT2D eigenvalue weighted by molar-refractivity contribution is -0.379. The molecule has 1 heterocycles. The second kappa shape index (κ2) is 5.36. The zero-order chi connectivity index (χ0) is 15.8. The van der Waals surface area contributed by atoms with Crippen LogP contribution in [-0.4, -0.2) is 28.8 Å². The molecule has 1 atom stereocenters. The number of aliphatic hydroxyl groups is 1. The van der Waals surface area contributed by atoms with Gasteiger partial charge >= 0.3 is 12.4 Å². The van der Waals surface area contributed by atoms with E-state index in [1.807, 2.05) is 0 Å². The van der Waals surface area contributed by atoms with Crippen LogP contribution < -0.4 is 0 Å². The highest BCUT2D eigenvalue weighted by atomic mass is 32.1. The molecule has 0 spiro atoms. The summed E-state index contributed by atoms with van der Waals surface area (Å²) in [6, 6.07) is 2.44. The van der Waals surface area contributed by atoms with Gasteiger partial charge < -0.3 is 5.11 Å². The van der Waals surface area contributed by atoms with Gasteiger partial charge in [-0.3, -0.25) is 4.79 Å². The van der Waals surface area contributed by atoms with Crippen molar-refractivity contribution < 1.29 is 36.2 Å². The molecule has 1 aromatic rings. The van der Waals surface area contributed by atoms with Gasteiger partial charge in [-0.05, 0) is 17.9 Å². The maximum absolute atomic E-state index is 12.7. The van der Waals surface area contributed by atoms with Gasteiger partial charge in [0.25, 0.3) is 5.60 Å². The van der Waals surface area contributed by atoms with Crippen molar-refractivity contribution in [1.29, 1.82) is 0 Å². The van der Waals surface area contributed by atoms with Gasteiger partial charge in [0.1, 0.15) is 0 Å². The first-order valence-electron chi connectivity index (χ1n) is 5.40. The number of carbonyl (C=O) groups excluding carboxylic acids is 1. The number of halogens is 6. The van der Waals surface area contributed by atoms with Crippen molar-refractivity contribution in [3.8, 4) is 0 Å². The lowest BCUT2D eigenvalue weighted by Crippen LogP contribution is -2.63. The molecule has 0 fully saturated rings. The molecular weight excluding hydrogens is 310 g/mol. The van der Waals surface area contributed by atoms with Crippen LogP contribution in [0.1, 0.15) is 23.0 Å². The van der Waals surface area contributed by atoms with Gasteiger partial charge in [0, 0.05) is 0 Å². The molecule has 0 bridgehead atoms. The van der Waals surface area contributed by atoms with Gasteiger partial charge in [-0.25, -0.2) is 0 Å². The Morgan fingerprint density at radius 2 is 1.75 bits per heavy atom. The molecule has 0 radical (unpaired) electrons. The number of thiophene rings is 1. The summed E-state index contributed by atoms with van der Waals surface area (Å²) in [5.41, 5.74) is -5.06. The first kappa shape index (κ1) is 17.0. The molecular formula is C11H10F6O2S. The summed E-state index contributed by atoms with van der Waals surface area (Å²) >= 11 is 0.717. The van der Waals surface area contributed by atoms with Crippen molar-refractivity contribution in [1.82, 2.24) is 0 Å². The van der Waals surface area contributed by atoms with Crippen molar-refractivity contribution >= 4 is 17.1 Å². The van der Waals surface area contributed by atoms with Crippen LogP contribution in [0.3, 0.4) is 0 Å². The van der Waals surface area contributed by atoms with Crippen LogP contribution in [-0.2, 0) is 0 Å². The molecule has 20 heavy (non-hydrogen) atoms. The van der Waals surface area contributed by atoms with Crippen LogP contribution in [0.5, 0.6) is 0 Å². The summed E-state index contributed by atoms with van der Waals surface area (Å²) < 4.78 is 76.3. The molecule has 0 amide bonds. The predicted molar refractivity (Wildman–Crippen MR) is 59.5 cm³/mol. The average molecular weight is 320 g/mol. The van der Waals surface area contributed by atoms with E-state index in [2.05, 4.69) is 0 Å². The molecule has 0 saturated carbocycles. The van der Waals surface area contributed by atoms with E-state index in [0.717, 1.165) is 13.0 Å². The van der Waals surface area contributed by atoms with Gasteiger partial charge in [0.15, 0.2) is 5.78 Å². The Kier molecular flexibility index (Phi) is 4.55. The number of rotatable bonds is 4. The molecule has 114 valence electrons. The topological polar surface area (TPSA) is 37.3 Å². The molecule has 0 saturated heterocycles. The molecule has 2 nitrogen and oxygen atoms in total. The lowest BCUT2D eigenvalue weighted by Gasteiger charge is -2.37. The van der Waals surface area contributed by atoms with Crippen molar-refractivity contribution in [2.24, 2.45) is 5.92 Å². The maximum atomic E-state index is 12.7. The molecule has 0 aromatic carbocycles. The van der Waals surface area contributed by atoms with Crippen LogP contribution in [0.15, 0.2) is 17.5 Å². The van der Waals surface area contributed by atoms with Crippen LogP contribution >= 0.6 is 11.3 Å². The molecule has 0 aliphatic heterocycles. The van der Waals surface area contributed by atoms with E-state index in [-0.39, 0.29) is 4.88 Å². The smallest absolute Gasteiger partial charge is 0.373 e. The van der Waals surface area contributed by atoms with Crippen molar-refractivity contribution in [2.75, 3.05) is 0 Å². The van der Waals surface area contributed by atoms with Gasteiger partial charge in [0.05, 0.1) is 10.8 Å². The summed E-state index contributed by atoms with van der Waals surface area (Å²) in [5.74, 6) is -4.01. The van der Waals surface area contributed by atoms with E-state index in [1.54, 1.807) is 0 Å². The summed E-state index contributed by atoms with van der Waals surface area (Å²) in [6.07, 6.45) is -12.8. The lowest BCUT2D eigenvalue weighted by atomic mass is 9.80. The number of alkyl halides is 6. The fourth-order valence-corrected chi connectivity index (χ4v) is 2.54. The third kappa shape index (κ3) is 2.69. The molecule has 0 unspecified atom stereocenters. The van der Waals surface area contributed by atoms with Crippen molar-refractivity contribution in [3.63, 3.8) is 0 Å². The minimum Gasteiger partial charge on any atom is -0.373 e. The van der Waals surface area contributed by atoms with Crippen molar-refractivity contribution in [2.45, 2.75) is 31.3 Å². The van der Waals surface area contributed by atoms with E-state index in [0.29, 0.717) is 11.3 Å². The molecule has 9 heteroatoms. The first-order valence-corrected chi connectivity index (χ1v) is 6.28. The van der Waals surface area contributed by atoms with Gasteiger partial charge in [-0.15, -0.1) is 11.3 Å². The predicted octanol–water partition coefficient (Wildman–Crippen LogP) is 3.81. The highest BCUT2D eigenvalue weighted by Crippen LogP contribution is 2.49. The normalized spacial score (nSPS) is 15.2. The molecule has 1 aromatic heterocycles. The maximum Gasteiger partial charge on any atom is 0.427 e. The fraction of sp³-hybridized carbons (Fsp3) is 0.545. The highest BCUT2D eigenvalue weighted by Gasteiger charge is 2.74. The quantitative estimate of drug-likeness (QED) is 0.676. The van der Waals surface area contributed by atoms with Crippen LogP contribution in [0.4, 0.5) is 26.3 Å². The largest absolute Gasteiger partial charge is 0.427 e. The zero-order valence-electron chi connectivity index (χ0n) is 10.0. The van der Waals surface area contributed by atoms with Gasteiger partial charge in [-0.2, -0.15) is 26.3 Å². The van der Waals surface area contributed by atoms with E-state index in [1.165, 1.54) is 11.4 Å². The number of ketones is 1. The number of hydrogen-bond donors (Lipinski definition) is 1. The Hall–Kier alpha value is -1.09. The minimum atomic E-state index is -6.00. The summed E-state index contributed by atoms with van der Waals surface area (Å²) in [7, 11) is 0. The SMILES string of the molecule is CC[C@@H](C(=O)c1cccs1)C(O)(C(F)(F)F)C(F)(F)F. The third-order valence-corrected chi connectivity index (χ3v) is 3.74. The Bertz CT molecular complexity index is 448. The monoisotopic (exact) mass is 320 g/mol. The zero-order valence-corrected chi connectivity index (χ0v) is 10.9. The second-order valence-corrected chi connectivity index (χ2v) is 5.01. The third-order valence-electron chi connectivity index (χ3n) is 2.86. The van der Waals surface area contributed by atoms with Crippen LogP contribution in [0.2, 0.25) is 0 Å². The summed E-state index contributed by atoms with van der Waals surface area (Å²) in [6.45, 7) is 0.985. The van der Waals surface area contributed by atoms with E-state index >= 15 is 0 Å². The molecule has 1 N–H and O–H groups in total. The van der Waals surface area contributed by atoms with E-state index in [4.69, 9.17) is 0 Å². The van der Waals surface area contributed by atoms with E-state index in [9.17, 15) is 36.2 Å². The molecule has 0 aliphatic carbocycles. The Labute approximate surface area is 114 Å². The van der Waals surface area contributed by atoms with E-state index < -0.39 is 36.1 Å². The molecule has 1 rings (SSSR count). The Balaban J connectivity index is 3.35. The Morgan fingerprint density at radius 1 is 1.25 bits per heavy atom. The number of hydrogen-bond acceptors (Lipinski definition) is 3. The highest BCUT2D eigenvalue weighted by molar-refractivity contribution is 7.12. The van der Waals surface area contributed by atoms with Crippen LogP contribution in [0, 0.1) is 5.92 Å². The average Bonchev–Trinajstić information content (AvgIpc) is 2.79. The van der Waals surface area contributed by atoms with Gasteiger partial charge in [-0.1, -0.05) is 13.0 Å². The summed E-state index contributed by atoms with van der Waals surface area (Å²) in [4.78, 5) is 11.6.